The molecule has 0 amide bonds. The molecule has 2 saturated carbocycles. The summed E-state index contributed by atoms with van der Waals surface area (Å²) in [5, 5.41) is 6.78. The van der Waals surface area contributed by atoms with Crippen LogP contribution < -0.4 is 15.4 Å². The van der Waals surface area contributed by atoms with Crippen molar-refractivity contribution in [1.29, 1.82) is 0 Å². The lowest BCUT2D eigenvalue weighted by atomic mass is 9.64. The number of sulfonamides is 1. The van der Waals surface area contributed by atoms with Crippen molar-refractivity contribution in [2.24, 2.45) is 17.3 Å². The number of nitrogens with zero attached hydrogens (tertiary/aromatic N) is 2. The number of nitrogens with one attached hydrogen (secondary N) is 3. The summed E-state index contributed by atoms with van der Waals surface area (Å²) in [4.78, 5) is 5.48. The molecule has 0 radical (unpaired) electrons. The molecule has 2 aliphatic carbocycles. The average Bonchev–Trinajstić information content (AvgIpc) is 3.39. The summed E-state index contributed by atoms with van der Waals surface area (Å²) in [5.74, 6) is 0.965. The molecule has 8 nitrogen and oxygen atoms in total. The molecule has 3 heterocycles. The van der Waals surface area contributed by atoms with E-state index in [1.165, 1.54) is 49.0 Å². The number of hydrogen-bond donors (Lipinski definition) is 3. The SMILES string of the molecule is Cc1cccc(C)c1C1CC2NC(N1)NS(=O)(=O)C1CCCC(C1)CN(C1CC3(CCN(C(C)C)C3)C1)[C@H](CC(C)C)CO2. The lowest BCUT2D eigenvalue weighted by molar-refractivity contribution is -0.0808. The Morgan fingerprint density at radius 2 is 1.80 bits per heavy atom. The Morgan fingerprint density at radius 1 is 1.05 bits per heavy atom. The second-order valence-electron chi connectivity index (χ2n) is 15.9. The average molecular weight is 630 g/mol. The highest BCUT2D eigenvalue weighted by molar-refractivity contribution is 7.90. The molecule has 5 aliphatic rings. The van der Waals surface area contributed by atoms with Crippen molar-refractivity contribution in [2.75, 3.05) is 26.2 Å². The van der Waals surface area contributed by atoms with Crippen LogP contribution in [0.3, 0.4) is 0 Å². The zero-order chi connectivity index (χ0) is 31.2. The summed E-state index contributed by atoms with van der Waals surface area (Å²) in [7, 11) is -3.52. The number of benzene rings is 1. The molecule has 1 spiro atoms. The first-order valence-electron chi connectivity index (χ1n) is 17.6. The predicted molar refractivity (Wildman–Crippen MR) is 178 cm³/mol. The second-order valence-corrected chi connectivity index (χ2v) is 17.8. The van der Waals surface area contributed by atoms with Gasteiger partial charge in [0.2, 0.25) is 10.0 Å². The molecule has 5 fully saturated rings. The molecule has 4 bridgehead atoms. The van der Waals surface area contributed by atoms with Crippen LogP contribution in [0.1, 0.15) is 108 Å². The van der Waals surface area contributed by atoms with Crippen LogP contribution in [-0.2, 0) is 14.8 Å². The van der Waals surface area contributed by atoms with Gasteiger partial charge in [0.15, 0.2) is 0 Å². The van der Waals surface area contributed by atoms with Gasteiger partial charge in [-0.25, -0.2) is 8.42 Å². The van der Waals surface area contributed by atoms with Gasteiger partial charge in [-0.15, -0.1) is 0 Å². The van der Waals surface area contributed by atoms with Gasteiger partial charge in [-0.1, -0.05) is 38.5 Å². The quantitative estimate of drug-likeness (QED) is 0.422. The van der Waals surface area contributed by atoms with Crippen LogP contribution >= 0.6 is 0 Å². The van der Waals surface area contributed by atoms with E-state index in [9.17, 15) is 8.42 Å². The van der Waals surface area contributed by atoms with Crippen molar-refractivity contribution >= 4 is 10.0 Å². The summed E-state index contributed by atoms with van der Waals surface area (Å²) in [5.41, 5.74) is 4.16. The van der Waals surface area contributed by atoms with Crippen molar-refractivity contribution in [1.82, 2.24) is 25.2 Å². The van der Waals surface area contributed by atoms with E-state index in [1.54, 1.807) is 0 Å². The fourth-order valence-electron chi connectivity index (χ4n) is 9.38. The third kappa shape index (κ3) is 7.09. The van der Waals surface area contributed by atoms with Gasteiger partial charge in [0.1, 0.15) is 12.5 Å². The molecule has 1 aromatic carbocycles. The zero-order valence-corrected chi connectivity index (χ0v) is 29.0. The molecule has 248 valence electrons. The van der Waals surface area contributed by atoms with Gasteiger partial charge in [-0.05, 0) is 113 Å². The highest BCUT2D eigenvalue weighted by Crippen LogP contribution is 2.51. The summed E-state index contributed by atoms with van der Waals surface area (Å²) in [6.45, 7) is 17.8. The number of ether oxygens (including phenoxy) is 1. The van der Waals surface area contributed by atoms with Crippen molar-refractivity contribution < 1.29 is 13.2 Å². The van der Waals surface area contributed by atoms with Gasteiger partial charge in [0.05, 0.1) is 11.9 Å². The molecule has 1 aromatic rings. The van der Waals surface area contributed by atoms with Crippen LogP contribution in [0.5, 0.6) is 0 Å². The maximum atomic E-state index is 13.9. The summed E-state index contributed by atoms with van der Waals surface area (Å²) < 4.78 is 37.7. The van der Waals surface area contributed by atoms with Crippen LogP contribution in [0.25, 0.3) is 0 Å². The number of rotatable bonds is 5. The van der Waals surface area contributed by atoms with Crippen LogP contribution in [0.2, 0.25) is 0 Å². The lowest BCUT2D eigenvalue weighted by Crippen LogP contribution is -2.64. The summed E-state index contributed by atoms with van der Waals surface area (Å²) in [6.07, 6.45) is 8.48. The fourth-order valence-corrected chi connectivity index (χ4v) is 11.0. The van der Waals surface area contributed by atoms with Gasteiger partial charge in [-0.2, -0.15) is 4.72 Å². The Balaban J connectivity index is 1.28. The minimum Gasteiger partial charge on any atom is -0.362 e. The molecule has 3 aliphatic heterocycles. The molecule has 9 heteroatoms. The molecule has 5 unspecified atom stereocenters. The Bertz CT molecular complexity index is 1230. The Morgan fingerprint density at radius 3 is 2.48 bits per heavy atom. The van der Waals surface area contributed by atoms with Crippen LogP contribution in [0.15, 0.2) is 18.2 Å². The molecule has 6 atom stereocenters. The smallest absolute Gasteiger partial charge is 0.216 e. The van der Waals surface area contributed by atoms with Gasteiger partial charge in [0.25, 0.3) is 0 Å². The minimum absolute atomic E-state index is 0.00297. The number of aryl methyl sites for hydroxylation is 2. The fraction of sp³-hybridized carbons (Fsp3) is 0.829. The van der Waals surface area contributed by atoms with Crippen molar-refractivity contribution in [3.05, 3.63) is 34.9 Å². The maximum Gasteiger partial charge on any atom is 0.216 e. The van der Waals surface area contributed by atoms with Crippen molar-refractivity contribution in [3.63, 3.8) is 0 Å². The maximum absolute atomic E-state index is 13.9. The second kappa shape index (κ2) is 13.2. The van der Waals surface area contributed by atoms with E-state index >= 15 is 0 Å². The monoisotopic (exact) mass is 629 g/mol. The zero-order valence-electron chi connectivity index (χ0n) is 28.1. The third-order valence-electron chi connectivity index (χ3n) is 11.7. The first kappa shape index (κ1) is 32.9. The van der Waals surface area contributed by atoms with E-state index in [0.29, 0.717) is 42.0 Å². The molecule has 6 rings (SSSR count). The third-order valence-corrected chi connectivity index (χ3v) is 13.6. The van der Waals surface area contributed by atoms with E-state index in [1.807, 2.05) is 0 Å². The normalized spacial score (nSPS) is 38.7. The molecule has 3 N–H and O–H groups in total. The molecule has 44 heavy (non-hydrogen) atoms. The topological polar surface area (TPSA) is 85.9 Å². The standard InChI is InChI=1S/C35H59N5O3S/c1-23(2)15-28-21-43-32-17-31(33-25(5)9-7-10-26(33)6)36-34(37-32)38-44(41,42)30-12-8-11-27(16-30)20-40(28)29-18-35(19-29)13-14-39(22-35)24(3)4/h7,9-10,23-24,27-32,34,36-38H,8,11-22H2,1-6H3/t27?,28-,29?,30?,31?,32?,34?,35?/m1/s1. The van der Waals surface area contributed by atoms with E-state index in [2.05, 4.69) is 84.9 Å². The van der Waals surface area contributed by atoms with Crippen molar-refractivity contribution in [2.45, 2.75) is 141 Å². The van der Waals surface area contributed by atoms with Gasteiger partial charge >= 0.3 is 0 Å². The van der Waals surface area contributed by atoms with Gasteiger partial charge in [0, 0.05) is 43.7 Å². The molecular formula is C35H59N5O3S. The molecule has 0 aromatic heterocycles. The van der Waals surface area contributed by atoms with E-state index in [-0.39, 0.29) is 17.5 Å². The largest absolute Gasteiger partial charge is 0.362 e. The minimum atomic E-state index is -3.52. The van der Waals surface area contributed by atoms with Crippen LogP contribution in [0.4, 0.5) is 0 Å². The number of hydrogen-bond acceptors (Lipinski definition) is 7. The number of fused-ring (bicyclic) bond motifs is 4. The van der Waals surface area contributed by atoms with E-state index in [4.69, 9.17) is 4.74 Å². The highest BCUT2D eigenvalue weighted by atomic mass is 32.2. The Labute approximate surface area is 267 Å². The number of likely N-dealkylation sites (tertiary alicyclic amines) is 1. The predicted octanol–water partition coefficient (Wildman–Crippen LogP) is 5.03. The van der Waals surface area contributed by atoms with Crippen molar-refractivity contribution in [3.8, 4) is 0 Å². The van der Waals surface area contributed by atoms with E-state index < -0.39 is 16.3 Å². The first-order chi connectivity index (χ1) is 20.9. The van der Waals surface area contributed by atoms with Crippen LogP contribution in [0, 0.1) is 31.1 Å². The van der Waals surface area contributed by atoms with E-state index in [0.717, 1.165) is 45.1 Å². The lowest BCUT2D eigenvalue weighted by Gasteiger charge is -2.54. The first-order valence-corrected chi connectivity index (χ1v) is 19.2. The van der Waals surface area contributed by atoms with Crippen LogP contribution in [-0.4, -0.2) is 80.4 Å². The summed E-state index contributed by atoms with van der Waals surface area (Å²) in [6, 6.07) is 7.91. The molecular weight excluding hydrogens is 570 g/mol. The highest BCUT2D eigenvalue weighted by Gasteiger charge is 2.52. The molecule has 3 saturated heterocycles. The van der Waals surface area contributed by atoms with Gasteiger partial charge < -0.3 is 9.64 Å². The Kier molecular flexibility index (Phi) is 9.86. The Hall–Kier alpha value is -1.07. The summed E-state index contributed by atoms with van der Waals surface area (Å²) >= 11 is 0. The van der Waals surface area contributed by atoms with Gasteiger partial charge in [-0.3, -0.25) is 15.5 Å².